The first-order chi connectivity index (χ1) is 12.0. The van der Waals surface area contributed by atoms with Crippen molar-refractivity contribution >= 4 is 27.3 Å². The van der Waals surface area contributed by atoms with Gasteiger partial charge in [-0.3, -0.25) is 4.79 Å². The molecule has 0 fully saturated rings. The van der Waals surface area contributed by atoms with Gasteiger partial charge in [-0.05, 0) is 36.1 Å². The number of carbonyl (C=O) groups is 1. The molecule has 3 rings (SSSR count). The average Bonchev–Trinajstić information content (AvgIpc) is 3.25. The maximum absolute atomic E-state index is 12.0. The normalized spacial score (nSPS) is 14.3. The van der Waals surface area contributed by atoms with Gasteiger partial charge in [-0.1, -0.05) is 12.1 Å². The van der Waals surface area contributed by atoms with Gasteiger partial charge in [0.1, 0.15) is 4.21 Å². The van der Waals surface area contributed by atoms with Crippen LogP contribution in [0.3, 0.4) is 0 Å². The number of fused-ring (bicyclic) bond motifs is 1. The van der Waals surface area contributed by atoms with E-state index in [1.54, 1.807) is 17.5 Å². The second-order valence-corrected chi connectivity index (χ2v) is 8.42. The second-order valence-electron chi connectivity index (χ2n) is 5.48. The van der Waals surface area contributed by atoms with Crippen molar-refractivity contribution < 1.29 is 22.7 Å². The summed E-state index contributed by atoms with van der Waals surface area (Å²) in [6, 6.07) is 8.45. The first-order valence-corrected chi connectivity index (χ1v) is 10.0. The molecule has 0 saturated carbocycles. The van der Waals surface area contributed by atoms with Gasteiger partial charge < -0.3 is 14.8 Å². The molecule has 0 radical (unpaired) electrons. The molecule has 7 nitrogen and oxygen atoms in total. The van der Waals surface area contributed by atoms with Gasteiger partial charge >= 0.3 is 0 Å². The zero-order valence-electron chi connectivity index (χ0n) is 13.5. The number of hydrogen-bond acceptors (Lipinski definition) is 6. The number of sulfonamides is 1. The summed E-state index contributed by atoms with van der Waals surface area (Å²) in [4.78, 5) is 12.0. The standard InChI is InChI=1S/C16H18N2O5S2/c1-11(12-4-5-13-14(9-12)23-10-22-13)18-15(19)6-7-17-25(20,21)16-3-2-8-24-16/h2-5,8-9,11,17H,6-7,10H2,1H3,(H,18,19). The monoisotopic (exact) mass is 382 g/mol. The summed E-state index contributed by atoms with van der Waals surface area (Å²) in [6.45, 7) is 2.09. The molecule has 0 aliphatic carbocycles. The summed E-state index contributed by atoms with van der Waals surface area (Å²) in [5.41, 5.74) is 0.886. The molecule has 1 amide bonds. The van der Waals surface area contributed by atoms with Gasteiger partial charge in [-0.15, -0.1) is 11.3 Å². The van der Waals surface area contributed by atoms with E-state index >= 15 is 0 Å². The fourth-order valence-electron chi connectivity index (χ4n) is 2.37. The Bertz CT molecular complexity index is 849. The molecule has 1 atom stereocenters. The van der Waals surface area contributed by atoms with Crippen LogP contribution in [0.15, 0.2) is 39.9 Å². The fraction of sp³-hybridized carbons (Fsp3) is 0.312. The first kappa shape index (κ1) is 17.7. The molecule has 1 aliphatic heterocycles. The van der Waals surface area contributed by atoms with E-state index in [1.165, 1.54) is 6.07 Å². The van der Waals surface area contributed by atoms with E-state index in [4.69, 9.17) is 9.47 Å². The molecule has 1 aromatic carbocycles. The smallest absolute Gasteiger partial charge is 0.250 e. The van der Waals surface area contributed by atoms with Crippen LogP contribution in [-0.4, -0.2) is 27.7 Å². The quantitative estimate of drug-likeness (QED) is 0.764. The number of nitrogens with one attached hydrogen (secondary N) is 2. The van der Waals surface area contributed by atoms with Crippen LogP contribution in [-0.2, 0) is 14.8 Å². The minimum absolute atomic E-state index is 0.0416. The summed E-state index contributed by atoms with van der Waals surface area (Å²) in [5, 5.41) is 4.53. The molecule has 1 aliphatic rings. The summed E-state index contributed by atoms with van der Waals surface area (Å²) in [7, 11) is -3.54. The van der Waals surface area contributed by atoms with Crippen molar-refractivity contribution in [1.82, 2.24) is 10.0 Å². The van der Waals surface area contributed by atoms with Gasteiger partial charge in [-0.2, -0.15) is 0 Å². The lowest BCUT2D eigenvalue weighted by Gasteiger charge is -2.15. The van der Waals surface area contributed by atoms with Crippen molar-refractivity contribution in [3.63, 3.8) is 0 Å². The molecule has 0 saturated heterocycles. The molecule has 25 heavy (non-hydrogen) atoms. The molecule has 2 heterocycles. The van der Waals surface area contributed by atoms with Gasteiger partial charge in [0.2, 0.25) is 22.7 Å². The molecule has 9 heteroatoms. The van der Waals surface area contributed by atoms with Gasteiger partial charge in [-0.25, -0.2) is 13.1 Å². The van der Waals surface area contributed by atoms with Gasteiger partial charge in [0.15, 0.2) is 11.5 Å². The van der Waals surface area contributed by atoms with Gasteiger partial charge in [0.25, 0.3) is 0 Å². The molecular formula is C16H18N2O5S2. The van der Waals surface area contributed by atoms with E-state index in [0.29, 0.717) is 11.5 Å². The number of carbonyl (C=O) groups excluding carboxylic acids is 1. The molecular weight excluding hydrogens is 364 g/mol. The Morgan fingerprint density at radius 3 is 2.84 bits per heavy atom. The number of ether oxygens (including phenoxy) is 2. The Labute approximate surface area is 150 Å². The summed E-state index contributed by atoms with van der Waals surface area (Å²) >= 11 is 1.13. The zero-order chi connectivity index (χ0) is 17.9. The minimum atomic E-state index is -3.54. The SMILES string of the molecule is CC(NC(=O)CCNS(=O)(=O)c1cccs1)c1ccc2c(c1)OCO2. The van der Waals surface area contributed by atoms with Crippen molar-refractivity contribution in [2.45, 2.75) is 23.6 Å². The van der Waals surface area contributed by atoms with E-state index in [9.17, 15) is 13.2 Å². The first-order valence-electron chi connectivity index (χ1n) is 7.68. The lowest BCUT2D eigenvalue weighted by atomic mass is 10.1. The highest BCUT2D eigenvalue weighted by Crippen LogP contribution is 2.34. The maximum Gasteiger partial charge on any atom is 0.250 e. The molecule has 2 N–H and O–H groups in total. The van der Waals surface area contributed by atoms with Crippen molar-refractivity contribution in [3.05, 3.63) is 41.3 Å². The number of benzene rings is 1. The third-order valence-electron chi connectivity index (χ3n) is 3.68. The topological polar surface area (TPSA) is 93.7 Å². The Balaban J connectivity index is 1.49. The van der Waals surface area contributed by atoms with Crippen LogP contribution < -0.4 is 19.5 Å². The Kier molecular flexibility index (Phi) is 5.26. The predicted molar refractivity (Wildman–Crippen MR) is 93.2 cm³/mol. The predicted octanol–water partition coefficient (Wildman–Crippen LogP) is 2.02. The molecule has 134 valence electrons. The van der Waals surface area contributed by atoms with Crippen molar-refractivity contribution in [1.29, 1.82) is 0 Å². The third kappa shape index (κ3) is 4.30. The maximum atomic E-state index is 12.0. The third-order valence-corrected chi connectivity index (χ3v) is 6.54. The second kappa shape index (κ2) is 7.42. The van der Waals surface area contributed by atoms with Crippen molar-refractivity contribution in [2.24, 2.45) is 0 Å². The highest BCUT2D eigenvalue weighted by molar-refractivity contribution is 7.91. The molecule has 0 spiro atoms. The number of thiophene rings is 1. The van der Waals surface area contributed by atoms with Crippen LogP contribution in [0, 0.1) is 0 Å². The highest BCUT2D eigenvalue weighted by atomic mass is 32.2. The van der Waals surface area contributed by atoms with E-state index in [2.05, 4.69) is 10.0 Å². The lowest BCUT2D eigenvalue weighted by Crippen LogP contribution is -2.31. The van der Waals surface area contributed by atoms with E-state index in [-0.39, 0.29) is 35.9 Å². The van der Waals surface area contributed by atoms with Crippen LogP contribution >= 0.6 is 11.3 Å². The van der Waals surface area contributed by atoms with Crippen LogP contribution in [0.5, 0.6) is 11.5 Å². The molecule has 2 aromatic rings. The number of amides is 1. The van der Waals surface area contributed by atoms with Crippen LogP contribution in [0.25, 0.3) is 0 Å². The van der Waals surface area contributed by atoms with E-state index in [0.717, 1.165) is 16.9 Å². The lowest BCUT2D eigenvalue weighted by molar-refractivity contribution is -0.121. The largest absolute Gasteiger partial charge is 0.454 e. The highest BCUT2D eigenvalue weighted by Gasteiger charge is 2.18. The summed E-state index contributed by atoms with van der Waals surface area (Å²) in [6.07, 6.45) is 0.0551. The average molecular weight is 382 g/mol. The Morgan fingerprint density at radius 1 is 1.28 bits per heavy atom. The zero-order valence-corrected chi connectivity index (χ0v) is 15.2. The number of hydrogen-bond donors (Lipinski definition) is 2. The van der Waals surface area contributed by atoms with E-state index < -0.39 is 10.0 Å². The van der Waals surface area contributed by atoms with Crippen LogP contribution in [0.1, 0.15) is 24.9 Å². The van der Waals surface area contributed by atoms with Crippen LogP contribution in [0.4, 0.5) is 0 Å². The van der Waals surface area contributed by atoms with Crippen molar-refractivity contribution in [3.8, 4) is 11.5 Å². The molecule has 1 aromatic heterocycles. The summed E-state index contributed by atoms with van der Waals surface area (Å²) in [5.74, 6) is 1.10. The van der Waals surface area contributed by atoms with Crippen LogP contribution in [0.2, 0.25) is 0 Å². The number of rotatable bonds is 7. The van der Waals surface area contributed by atoms with E-state index in [1.807, 2.05) is 19.1 Å². The fourth-order valence-corrected chi connectivity index (χ4v) is 4.44. The summed E-state index contributed by atoms with van der Waals surface area (Å²) < 4.78 is 37.2. The Hall–Kier alpha value is -2.10. The Morgan fingerprint density at radius 2 is 2.08 bits per heavy atom. The molecule has 1 unspecified atom stereocenters. The van der Waals surface area contributed by atoms with Gasteiger partial charge in [0, 0.05) is 13.0 Å². The molecule has 0 bridgehead atoms. The van der Waals surface area contributed by atoms with Gasteiger partial charge in [0.05, 0.1) is 6.04 Å². The van der Waals surface area contributed by atoms with Crippen molar-refractivity contribution in [2.75, 3.05) is 13.3 Å². The minimum Gasteiger partial charge on any atom is -0.454 e.